The highest BCUT2D eigenvalue weighted by molar-refractivity contribution is 8.01. The first kappa shape index (κ1) is 21.7. The Morgan fingerprint density at radius 1 is 1.07 bits per heavy atom. The van der Waals surface area contributed by atoms with Crippen molar-refractivity contribution >= 4 is 69.7 Å². The van der Waals surface area contributed by atoms with Gasteiger partial charge in [0.05, 0.1) is 23.6 Å². The number of hydrogen-bond donors (Lipinski definition) is 2. The minimum atomic E-state index is -0.125. The van der Waals surface area contributed by atoms with Gasteiger partial charge in [-0.2, -0.15) is 0 Å². The molecule has 0 aliphatic heterocycles. The fourth-order valence-corrected chi connectivity index (χ4v) is 4.72. The number of anilines is 2. The third-order valence-corrected chi connectivity index (χ3v) is 6.83. The lowest BCUT2D eigenvalue weighted by Crippen LogP contribution is -2.15. The van der Waals surface area contributed by atoms with Gasteiger partial charge in [0.1, 0.15) is 0 Å². The summed E-state index contributed by atoms with van der Waals surface area (Å²) in [6.45, 7) is 0. The summed E-state index contributed by atoms with van der Waals surface area (Å²) in [4.78, 5) is 29.8. The minimum absolute atomic E-state index is 0.117. The maximum atomic E-state index is 12.3. The molecule has 0 atom stereocenters. The third-order valence-electron chi connectivity index (χ3n) is 3.71. The first-order chi connectivity index (χ1) is 14.0. The molecule has 150 valence electrons. The summed E-state index contributed by atoms with van der Waals surface area (Å²) in [5.74, 6) is -0.00241. The zero-order valence-electron chi connectivity index (χ0n) is 15.5. The van der Waals surface area contributed by atoms with E-state index in [1.807, 2.05) is 35.9 Å². The maximum Gasteiger partial charge on any atom is 0.234 e. The zero-order chi connectivity index (χ0) is 20.6. The fraction of sp³-hybridized carbons (Fsp3) is 0.150. The van der Waals surface area contributed by atoms with Crippen LogP contribution in [0, 0.1) is 0 Å². The number of thiazole rings is 1. The Kier molecular flexibility index (Phi) is 8.00. The number of nitrogens with one attached hydrogen (secondary N) is 2. The lowest BCUT2D eigenvalue weighted by Gasteiger charge is -2.08. The van der Waals surface area contributed by atoms with Crippen molar-refractivity contribution in [3.63, 3.8) is 0 Å². The molecular formula is C20H18ClN3O2S3. The standard InChI is InChI=1S/C20H18ClN3O2S3/c1-27-17-5-3-2-4-16(17)24-18(25)10-15-11-28-20(23-15)29-12-19(26)22-14-8-6-13(21)7-9-14/h2-9,11H,10,12H2,1H3,(H,22,26)(H,24,25). The Hall–Kier alpha value is -2.00. The van der Waals surface area contributed by atoms with Gasteiger partial charge in [0.25, 0.3) is 0 Å². The Balaban J connectivity index is 1.48. The van der Waals surface area contributed by atoms with Crippen LogP contribution in [0.5, 0.6) is 0 Å². The van der Waals surface area contributed by atoms with Crippen LogP contribution in [0.3, 0.4) is 0 Å². The molecule has 0 spiro atoms. The lowest BCUT2D eigenvalue weighted by molar-refractivity contribution is -0.116. The monoisotopic (exact) mass is 463 g/mol. The Morgan fingerprint density at radius 3 is 2.59 bits per heavy atom. The second kappa shape index (κ2) is 10.7. The van der Waals surface area contributed by atoms with Gasteiger partial charge in [-0.3, -0.25) is 9.59 Å². The highest BCUT2D eigenvalue weighted by Crippen LogP contribution is 2.26. The fourth-order valence-electron chi connectivity index (χ4n) is 2.40. The number of amides is 2. The molecule has 3 aromatic rings. The average molecular weight is 464 g/mol. The van der Waals surface area contributed by atoms with Gasteiger partial charge in [-0.15, -0.1) is 23.1 Å². The van der Waals surface area contributed by atoms with Crippen molar-refractivity contribution in [3.05, 3.63) is 64.6 Å². The molecule has 0 radical (unpaired) electrons. The molecule has 0 saturated heterocycles. The zero-order valence-corrected chi connectivity index (χ0v) is 18.7. The van der Waals surface area contributed by atoms with Gasteiger partial charge in [0.2, 0.25) is 11.8 Å². The second-order valence-electron chi connectivity index (χ2n) is 5.87. The average Bonchev–Trinajstić information content (AvgIpc) is 3.16. The lowest BCUT2D eigenvalue weighted by atomic mass is 10.3. The summed E-state index contributed by atoms with van der Waals surface area (Å²) < 4.78 is 0.753. The summed E-state index contributed by atoms with van der Waals surface area (Å²) in [5, 5.41) is 8.20. The molecule has 0 unspecified atom stereocenters. The van der Waals surface area contributed by atoms with Crippen LogP contribution in [0.1, 0.15) is 5.69 Å². The summed E-state index contributed by atoms with van der Waals surface area (Å²) in [5.41, 5.74) is 2.19. The number of aromatic nitrogens is 1. The number of nitrogens with zero attached hydrogens (tertiary/aromatic N) is 1. The van der Waals surface area contributed by atoms with Crippen molar-refractivity contribution in [2.45, 2.75) is 15.7 Å². The SMILES string of the molecule is CSc1ccccc1NC(=O)Cc1csc(SCC(=O)Nc2ccc(Cl)cc2)n1. The van der Waals surface area contributed by atoms with Gasteiger partial charge in [0.15, 0.2) is 4.34 Å². The van der Waals surface area contributed by atoms with E-state index in [2.05, 4.69) is 15.6 Å². The van der Waals surface area contributed by atoms with Gasteiger partial charge in [-0.1, -0.05) is 35.5 Å². The Labute approximate surface area is 186 Å². The van der Waals surface area contributed by atoms with Crippen LogP contribution in [0.15, 0.2) is 63.1 Å². The van der Waals surface area contributed by atoms with E-state index >= 15 is 0 Å². The normalized spacial score (nSPS) is 10.6. The molecule has 29 heavy (non-hydrogen) atoms. The number of benzene rings is 2. The summed E-state index contributed by atoms with van der Waals surface area (Å²) in [7, 11) is 0. The predicted octanol–water partition coefficient (Wildman–Crippen LogP) is 5.43. The van der Waals surface area contributed by atoms with E-state index in [0.717, 1.165) is 14.9 Å². The molecule has 2 aromatic carbocycles. The van der Waals surface area contributed by atoms with E-state index in [0.29, 0.717) is 16.4 Å². The number of thioether (sulfide) groups is 2. The number of hydrogen-bond acceptors (Lipinski definition) is 6. The van der Waals surface area contributed by atoms with Crippen LogP contribution in [0.4, 0.5) is 11.4 Å². The molecule has 0 aliphatic carbocycles. The first-order valence-electron chi connectivity index (χ1n) is 8.59. The van der Waals surface area contributed by atoms with E-state index < -0.39 is 0 Å². The van der Waals surface area contributed by atoms with Crippen LogP contribution in [-0.4, -0.2) is 28.8 Å². The van der Waals surface area contributed by atoms with E-state index in [9.17, 15) is 9.59 Å². The number of carbonyl (C=O) groups excluding carboxylic acids is 2. The molecule has 0 aliphatic rings. The Morgan fingerprint density at radius 2 is 1.83 bits per heavy atom. The molecule has 1 heterocycles. The van der Waals surface area contributed by atoms with E-state index in [1.54, 1.807) is 36.0 Å². The van der Waals surface area contributed by atoms with E-state index in [4.69, 9.17) is 11.6 Å². The van der Waals surface area contributed by atoms with Crippen LogP contribution in [0.2, 0.25) is 5.02 Å². The van der Waals surface area contributed by atoms with Gasteiger partial charge in [-0.25, -0.2) is 4.98 Å². The van der Waals surface area contributed by atoms with E-state index in [-0.39, 0.29) is 24.0 Å². The number of halogens is 1. The molecule has 2 N–H and O–H groups in total. The third kappa shape index (κ3) is 6.78. The quantitative estimate of drug-likeness (QED) is 0.436. The number of carbonyl (C=O) groups is 2. The molecule has 0 bridgehead atoms. The van der Waals surface area contributed by atoms with Gasteiger partial charge in [-0.05, 0) is 42.7 Å². The Bertz CT molecular complexity index is 993. The molecule has 9 heteroatoms. The van der Waals surface area contributed by atoms with Gasteiger partial charge in [0, 0.05) is 21.0 Å². The molecule has 2 amide bonds. The maximum absolute atomic E-state index is 12.3. The summed E-state index contributed by atoms with van der Waals surface area (Å²) >= 11 is 10.2. The van der Waals surface area contributed by atoms with Crippen LogP contribution < -0.4 is 10.6 Å². The summed E-state index contributed by atoms with van der Waals surface area (Å²) in [6, 6.07) is 14.6. The van der Waals surface area contributed by atoms with Crippen molar-refractivity contribution in [1.29, 1.82) is 0 Å². The molecular weight excluding hydrogens is 446 g/mol. The number of para-hydroxylation sites is 1. The highest BCUT2D eigenvalue weighted by Gasteiger charge is 2.11. The van der Waals surface area contributed by atoms with Crippen LogP contribution in [-0.2, 0) is 16.0 Å². The van der Waals surface area contributed by atoms with Crippen molar-refractivity contribution in [3.8, 4) is 0 Å². The predicted molar refractivity (Wildman–Crippen MR) is 123 cm³/mol. The number of rotatable bonds is 8. The first-order valence-corrected chi connectivity index (χ1v) is 12.1. The van der Waals surface area contributed by atoms with Crippen molar-refractivity contribution in [1.82, 2.24) is 4.98 Å². The molecule has 1 aromatic heterocycles. The highest BCUT2D eigenvalue weighted by atomic mass is 35.5. The van der Waals surface area contributed by atoms with Crippen LogP contribution >= 0.6 is 46.5 Å². The molecule has 0 fully saturated rings. The largest absolute Gasteiger partial charge is 0.325 e. The van der Waals surface area contributed by atoms with Crippen molar-refractivity contribution < 1.29 is 9.59 Å². The molecule has 3 rings (SSSR count). The van der Waals surface area contributed by atoms with Gasteiger partial charge >= 0.3 is 0 Å². The van der Waals surface area contributed by atoms with Crippen LogP contribution in [0.25, 0.3) is 0 Å². The molecule has 0 saturated carbocycles. The molecule has 5 nitrogen and oxygen atoms in total. The van der Waals surface area contributed by atoms with E-state index in [1.165, 1.54) is 23.1 Å². The minimum Gasteiger partial charge on any atom is -0.325 e. The van der Waals surface area contributed by atoms with Crippen molar-refractivity contribution in [2.75, 3.05) is 22.6 Å². The topological polar surface area (TPSA) is 71.1 Å². The van der Waals surface area contributed by atoms with Crippen molar-refractivity contribution in [2.24, 2.45) is 0 Å². The smallest absolute Gasteiger partial charge is 0.234 e. The van der Waals surface area contributed by atoms with Gasteiger partial charge < -0.3 is 10.6 Å². The second-order valence-corrected chi connectivity index (χ2v) is 9.24. The summed E-state index contributed by atoms with van der Waals surface area (Å²) in [6.07, 6.45) is 2.16.